The number of hydrogen-bond donors (Lipinski definition) is 3. The number of aryl methyl sites for hydroxylation is 1. The van der Waals surface area contributed by atoms with Crippen molar-refractivity contribution in [3.8, 4) is 33.2 Å². The highest BCUT2D eigenvalue weighted by Crippen LogP contribution is 2.35. The summed E-state index contributed by atoms with van der Waals surface area (Å²) in [5, 5.41) is 11.1. The van der Waals surface area contributed by atoms with E-state index in [4.69, 9.17) is 4.98 Å². The Kier molecular flexibility index (Phi) is 5.57. The van der Waals surface area contributed by atoms with Crippen molar-refractivity contribution in [2.45, 2.75) is 20.8 Å². The van der Waals surface area contributed by atoms with E-state index < -0.39 is 5.82 Å². The zero-order valence-corrected chi connectivity index (χ0v) is 21.4. The number of benzene rings is 1. The normalized spacial score (nSPS) is 11.6. The van der Waals surface area contributed by atoms with Gasteiger partial charge in [0.05, 0.1) is 22.3 Å². The molecule has 6 aromatic rings. The average molecular weight is 510 g/mol. The van der Waals surface area contributed by atoms with Crippen LogP contribution in [0.1, 0.15) is 18.7 Å². The van der Waals surface area contributed by atoms with E-state index >= 15 is 4.39 Å². The fourth-order valence-electron chi connectivity index (χ4n) is 4.21. The summed E-state index contributed by atoms with van der Waals surface area (Å²) in [7, 11) is 0. The first-order chi connectivity index (χ1) is 17.9. The van der Waals surface area contributed by atoms with Crippen LogP contribution in [0.4, 0.5) is 10.1 Å². The summed E-state index contributed by atoms with van der Waals surface area (Å²) in [5.41, 5.74) is 6.42. The molecule has 37 heavy (non-hydrogen) atoms. The van der Waals surface area contributed by atoms with E-state index in [1.807, 2.05) is 18.2 Å². The lowest BCUT2D eigenvalue weighted by molar-refractivity contribution is 0.636. The molecule has 0 fully saturated rings. The molecule has 6 rings (SSSR count). The molecule has 9 heteroatoms. The van der Waals surface area contributed by atoms with Crippen LogP contribution in [-0.4, -0.2) is 30.1 Å². The highest BCUT2D eigenvalue weighted by molar-refractivity contribution is 7.15. The van der Waals surface area contributed by atoms with Crippen molar-refractivity contribution in [3.05, 3.63) is 78.0 Å². The van der Waals surface area contributed by atoms with E-state index in [-0.39, 0.29) is 11.4 Å². The van der Waals surface area contributed by atoms with Gasteiger partial charge in [-0.3, -0.25) is 15.1 Å². The number of pyridine rings is 2. The van der Waals surface area contributed by atoms with Crippen LogP contribution >= 0.6 is 11.3 Å². The quantitative estimate of drug-likeness (QED) is 0.219. The number of nitrogens with one attached hydrogen (secondary N) is 3. The van der Waals surface area contributed by atoms with E-state index in [0.29, 0.717) is 22.5 Å². The van der Waals surface area contributed by atoms with E-state index in [0.717, 1.165) is 38.6 Å². The second-order valence-corrected chi connectivity index (χ2v) is 10.6. The lowest BCUT2D eigenvalue weighted by Gasteiger charge is -2.13. The summed E-state index contributed by atoms with van der Waals surface area (Å²) in [4.78, 5) is 19.4. The molecule has 0 atom stereocenters. The van der Waals surface area contributed by atoms with Crippen molar-refractivity contribution in [3.63, 3.8) is 0 Å². The monoisotopic (exact) mass is 509 g/mol. The van der Waals surface area contributed by atoms with Gasteiger partial charge in [-0.1, -0.05) is 20.4 Å². The predicted molar refractivity (Wildman–Crippen MR) is 148 cm³/mol. The Morgan fingerprint density at radius 1 is 1.08 bits per heavy atom. The second-order valence-electron chi connectivity index (χ2n) is 9.27. The zero-order chi connectivity index (χ0) is 25.7. The predicted octanol–water partition coefficient (Wildman–Crippen LogP) is 7.32. The second kappa shape index (κ2) is 8.94. The third kappa shape index (κ3) is 4.17. The largest absolute Gasteiger partial charge is 0.358 e. The number of aromatic nitrogens is 6. The van der Waals surface area contributed by atoms with Crippen LogP contribution in [0.2, 0.25) is 0 Å². The van der Waals surface area contributed by atoms with Crippen molar-refractivity contribution in [1.29, 1.82) is 0 Å². The number of hydrogen-bond acceptors (Lipinski definition) is 6. The van der Waals surface area contributed by atoms with Crippen molar-refractivity contribution >= 4 is 39.0 Å². The van der Waals surface area contributed by atoms with Gasteiger partial charge >= 0.3 is 0 Å². The molecule has 1 aromatic carbocycles. The number of halogens is 1. The number of H-pyrrole nitrogens is 2. The lowest BCUT2D eigenvalue weighted by Crippen LogP contribution is -2.04. The molecule has 3 N–H and O–H groups in total. The minimum atomic E-state index is -0.424. The van der Waals surface area contributed by atoms with Gasteiger partial charge in [0.1, 0.15) is 22.4 Å². The van der Waals surface area contributed by atoms with Crippen LogP contribution in [0.25, 0.3) is 55.2 Å². The Labute approximate surface area is 216 Å². The number of aromatic amines is 2. The molecule has 184 valence electrons. The molecule has 0 spiro atoms. The molecule has 0 aliphatic rings. The van der Waals surface area contributed by atoms with Gasteiger partial charge in [0.2, 0.25) is 0 Å². The summed E-state index contributed by atoms with van der Waals surface area (Å²) in [6.07, 6.45) is 5.20. The highest BCUT2D eigenvalue weighted by Gasteiger charge is 2.19. The maximum absolute atomic E-state index is 15.2. The van der Waals surface area contributed by atoms with Gasteiger partial charge in [0, 0.05) is 33.9 Å². The summed E-state index contributed by atoms with van der Waals surface area (Å²) in [5.74, 6) is 0.417. The molecule has 0 radical (unpaired) electrons. The van der Waals surface area contributed by atoms with E-state index in [1.54, 1.807) is 29.9 Å². The van der Waals surface area contributed by atoms with Crippen molar-refractivity contribution in [1.82, 2.24) is 30.1 Å². The first kappa shape index (κ1) is 23.1. The van der Waals surface area contributed by atoms with Crippen LogP contribution < -0.4 is 5.32 Å². The number of rotatable bonds is 6. The first-order valence-corrected chi connectivity index (χ1v) is 12.7. The molecule has 5 heterocycles. The van der Waals surface area contributed by atoms with Gasteiger partial charge in [-0.25, -0.2) is 9.37 Å². The van der Waals surface area contributed by atoms with Crippen LogP contribution in [0, 0.1) is 18.7 Å². The molecule has 7 nitrogen and oxygen atoms in total. The topological polar surface area (TPSA) is 95.2 Å². The van der Waals surface area contributed by atoms with Gasteiger partial charge in [-0.05, 0) is 54.8 Å². The molecule has 0 saturated carbocycles. The molecule has 0 amide bonds. The van der Waals surface area contributed by atoms with Crippen LogP contribution in [0.3, 0.4) is 0 Å². The number of fused-ring (bicyclic) bond motifs is 2. The number of anilines is 1. The minimum absolute atomic E-state index is 0.252. The van der Waals surface area contributed by atoms with Gasteiger partial charge < -0.3 is 10.3 Å². The molecular weight excluding hydrogens is 485 g/mol. The molecule has 0 unspecified atom stereocenters. The minimum Gasteiger partial charge on any atom is -0.358 e. The first-order valence-electron chi connectivity index (χ1n) is 11.9. The number of imidazole rings is 1. The molecule has 0 bridgehead atoms. The maximum atomic E-state index is 15.2. The van der Waals surface area contributed by atoms with Gasteiger partial charge in [0.25, 0.3) is 0 Å². The highest BCUT2D eigenvalue weighted by atomic mass is 32.1. The van der Waals surface area contributed by atoms with Gasteiger partial charge in [-0.2, -0.15) is 5.10 Å². The van der Waals surface area contributed by atoms with E-state index in [2.05, 4.69) is 69.9 Å². The van der Waals surface area contributed by atoms with Crippen molar-refractivity contribution in [2.75, 3.05) is 5.32 Å². The van der Waals surface area contributed by atoms with E-state index in [9.17, 15) is 0 Å². The zero-order valence-electron chi connectivity index (χ0n) is 20.6. The van der Waals surface area contributed by atoms with Gasteiger partial charge in [0.15, 0.2) is 11.6 Å². The molecule has 0 aliphatic carbocycles. The van der Waals surface area contributed by atoms with Crippen molar-refractivity contribution in [2.24, 2.45) is 5.92 Å². The van der Waals surface area contributed by atoms with Crippen LogP contribution in [0.15, 0.2) is 67.3 Å². The standard InChI is InChI=1S/C28H24FN7S/c1-14(2)16(4)32-19-9-18(12-30-13-19)17-10-20-24(21(29)11-17)35-36-25(20)28-33-22-7-8-31-27(26(22)34-28)23-6-5-15(3)37-23/h5-14,32H,4H2,1-3H3,(H,33,34)(H,35,36). The SMILES string of the molecule is C=C(Nc1cncc(-c2cc(F)c3n[nH]c(-c4nc5c(-c6ccc(C)s6)nccc5[nH]4)c3c2)c1)C(C)C. The maximum Gasteiger partial charge on any atom is 0.157 e. The third-order valence-corrected chi connectivity index (χ3v) is 7.30. The summed E-state index contributed by atoms with van der Waals surface area (Å²) in [6.45, 7) is 10.3. The van der Waals surface area contributed by atoms with Gasteiger partial charge in [-0.15, -0.1) is 11.3 Å². The molecule has 5 aromatic heterocycles. The smallest absolute Gasteiger partial charge is 0.157 e. The summed E-state index contributed by atoms with van der Waals surface area (Å²) in [6, 6.07) is 11.3. The summed E-state index contributed by atoms with van der Waals surface area (Å²) >= 11 is 1.67. The number of nitrogens with zero attached hydrogens (tertiary/aromatic N) is 4. The van der Waals surface area contributed by atoms with Crippen molar-refractivity contribution < 1.29 is 4.39 Å². The number of allylic oxidation sites excluding steroid dienone is 1. The molecule has 0 saturated heterocycles. The Bertz CT molecular complexity index is 1790. The third-order valence-electron chi connectivity index (χ3n) is 6.30. The summed E-state index contributed by atoms with van der Waals surface area (Å²) < 4.78 is 15.2. The molecular formula is C28H24FN7S. The van der Waals surface area contributed by atoms with Crippen LogP contribution in [-0.2, 0) is 0 Å². The average Bonchev–Trinajstić information content (AvgIpc) is 3.61. The lowest BCUT2D eigenvalue weighted by atomic mass is 10.0. The fraction of sp³-hybridized carbons (Fsp3) is 0.143. The Balaban J connectivity index is 1.44. The van der Waals surface area contributed by atoms with Crippen LogP contribution in [0.5, 0.6) is 0 Å². The fourth-order valence-corrected chi connectivity index (χ4v) is 5.08. The Morgan fingerprint density at radius 2 is 1.95 bits per heavy atom. The Hall–Kier alpha value is -4.37. The molecule has 0 aliphatic heterocycles. The Morgan fingerprint density at radius 3 is 2.73 bits per heavy atom. The van der Waals surface area contributed by atoms with E-state index in [1.165, 1.54) is 10.9 Å². The number of thiophene rings is 1.